The molecule has 1 aliphatic carbocycles. The van der Waals surface area contributed by atoms with Crippen LogP contribution in [0.1, 0.15) is 40.1 Å². The molecule has 1 N–H and O–H groups in total. The number of thiazole rings is 1. The van der Waals surface area contributed by atoms with Gasteiger partial charge in [-0.2, -0.15) is 0 Å². The van der Waals surface area contributed by atoms with Gasteiger partial charge in [0.15, 0.2) is 5.01 Å². The van der Waals surface area contributed by atoms with E-state index in [0.29, 0.717) is 24.8 Å². The molecular weight excluding hydrogens is 276 g/mol. The summed E-state index contributed by atoms with van der Waals surface area (Å²) in [6.45, 7) is 3.65. The Hall–Kier alpha value is -0.980. The fourth-order valence-corrected chi connectivity index (χ4v) is 3.78. The van der Waals surface area contributed by atoms with Crippen LogP contribution in [0.3, 0.4) is 0 Å². The van der Waals surface area contributed by atoms with Crippen molar-refractivity contribution < 1.29 is 14.3 Å². The number of amides is 1. The van der Waals surface area contributed by atoms with Crippen LogP contribution in [0.15, 0.2) is 0 Å². The smallest absolute Gasteiger partial charge is 0.280 e. The third kappa shape index (κ3) is 2.87. The molecule has 0 radical (unpaired) electrons. The van der Waals surface area contributed by atoms with E-state index in [4.69, 9.17) is 9.47 Å². The van der Waals surface area contributed by atoms with Gasteiger partial charge in [0.1, 0.15) is 6.10 Å². The number of aromatic nitrogens is 1. The van der Waals surface area contributed by atoms with E-state index in [-0.39, 0.29) is 18.1 Å². The zero-order valence-electron chi connectivity index (χ0n) is 11.7. The van der Waals surface area contributed by atoms with Crippen molar-refractivity contribution in [2.75, 3.05) is 19.8 Å². The van der Waals surface area contributed by atoms with E-state index in [2.05, 4.69) is 10.3 Å². The number of nitrogens with one attached hydrogen (secondary N) is 1. The normalized spacial score (nSPS) is 25.4. The van der Waals surface area contributed by atoms with Crippen molar-refractivity contribution in [1.29, 1.82) is 0 Å². The highest BCUT2D eigenvalue weighted by molar-refractivity contribution is 7.13. The van der Waals surface area contributed by atoms with Crippen molar-refractivity contribution >= 4 is 17.2 Å². The molecule has 2 aliphatic rings. The Bertz CT molecular complexity index is 465. The first-order valence-electron chi connectivity index (χ1n) is 7.26. The van der Waals surface area contributed by atoms with E-state index in [9.17, 15) is 4.79 Å². The lowest BCUT2D eigenvalue weighted by atomic mass is 10.0. The topological polar surface area (TPSA) is 60.5 Å². The molecule has 2 heterocycles. The molecule has 0 bridgehead atoms. The number of carbonyl (C=O) groups is 1. The molecule has 0 saturated carbocycles. The summed E-state index contributed by atoms with van der Waals surface area (Å²) < 4.78 is 11.0. The maximum Gasteiger partial charge on any atom is 0.280 e. The van der Waals surface area contributed by atoms with Crippen LogP contribution in [0, 0.1) is 0 Å². The Kier molecular flexibility index (Phi) is 4.33. The van der Waals surface area contributed by atoms with Crippen LogP contribution >= 0.6 is 11.3 Å². The number of hydrogen-bond acceptors (Lipinski definition) is 5. The van der Waals surface area contributed by atoms with Crippen LogP contribution in [0.2, 0.25) is 0 Å². The first kappa shape index (κ1) is 14.0. The predicted octanol–water partition coefficient (Wildman–Crippen LogP) is 1.56. The molecule has 3 rings (SSSR count). The van der Waals surface area contributed by atoms with Crippen LogP contribution in [0.4, 0.5) is 0 Å². The Morgan fingerprint density at radius 3 is 3.10 bits per heavy atom. The first-order valence-corrected chi connectivity index (χ1v) is 8.08. The average Bonchev–Trinajstić information content (AvgIpc) is 3.06. The molecule has 0 unspecified atom stereocenters. The zero-order valence-corrected chi connectivity index (χ0v) is 12.5. The Balaban J connectivity index is 1.65. The fourth-order valence-electron chi connectivity index (χ4n) is 2.73. The van der Waals surface area contributed by atoms with E-state index in [1.165, 1.54) is 29.1 Å². The van der Waals surface area contributed by atoms with Crippen LogP contribution in [-0.2, 0) is 22.3 Å². The number of rotatable bonds is 4. The Morgan fingerprint density at radius 2 is 2.30 bits per heavy atom. The molecule has 6 heteroatoms. The van der Waals surface area contributed by atoms with Crippen molar-refractivity contribution in [3.8, 4) is 0 Å². The minimum atomic E-state index is -0.0930. The molecule has 20 heavy (non-hydrogen) atoms. The molecule has 0 spiro atoms. The van der Waals surface area contributed by atoms with Crippen LogP contribution in [0.25, 0.3) is 0 Å². The van der Waals surface area contributed by atoms with Gasteiger partial charge in [0, 0.05) is 11.5 Å². The minimum absolute atomic E-state index is 0.0430. The molecule has 1 saturated heterocycles. The number of carbonyl (C=O) groups excluding carboxylic acids is 1. The van der Waals surface area contributed by atoms with E-state index in [1.54, 1.807) is 0 Å². The number of hydrogen-bond donors (Lipinski definition) is 1. The average molecular weight is 296 g/mol. The number of aryl methyl sites for hydroxylation is 2. The lowest BCUT2D eigenvalue weighted by molar-refractivity contribution is 0.0402. The monoisotopic (exact) mass is 296 g/mol. The molecule has 1 aromatic heterocycles. The minimum Gasteiger partial charge on any atom is -0.376 e. The summed E-state index contributed by atoms with van der Waals surface area (Å²) >= 11 is 1.54. The van der Waals surface area contributed by atoms with E-state index in [1.807, 2.05) is 6.92 Å². The van der Waals surface area contributed by atoms with Gasteiger partial charge < -0.3 is 14.8 Å². The van der Waals surface area contributed by atoms with Gasteiger partial charge in [0.05, 0.1) is 24.9 Å². The summed E-state index contributed by atoms with van der Waals surface area (Å²) in [6.07, 6.45) is 4.42. The van der Waals surface area contributed by atoms with Crippen molar-refractivity contribution in [3.63, 3.8) is 0 Å². The molecule has 110 valence electrons. The molecular formula is C14H20N2O3S. The highest BCUT2D eigenvalue weighted by Gasteiger charge is 2.31. The summed E-state index contributed by atoms with van der Waals surface area (Å²) in [7, 11) is 0. The third-order valence-corrected chi connectivity index (χ3v) is 4.92. The third-order valence-electron chi connectivity index (χ3n) is 3.77. The fraction of sp³-hybridized carbons (Fsp3) is 0.714. The standard InChI is InChI=1S/C14H20N2O3S/c1-2-19-11-8-18-7-10(11)15-13(17)14-16-9-5-3-4-6-12(9)20-14/h10-11H,2-8H2,1H3,(H,15,17)/t10-,11-/m1/s1. The number of ether oxygens (including phenoxy) is 2. The summed E-state index contributed by atoms with van der Waals surface area (Å²) in [4.78, 5) is 18.1. The van der Waals surface area contributed by atoms with Crippen LogP contribution in [0.5, 0.6) is 0 Å². The van der Waals surface area contributed by atoms with Gasteiger partial charge >= 0.3 is 0 Å². The number of nitrogens with zero attached hydrogens (tertiary/aromatic N) is 1. The molecule has 1 aliphatic heterocycles. The second-order valence-corrected chi connectivity index (χ2v) is 6.29. The summed E-state index contributed by atoms with van der Waals surface area (Å²) in [6, 6.07) is -0.0663. The maximum absolute atomic E-state index is 12.3. The lowest BCUT2D eigenvalue weighted by Crippen LogP contribution is -2.43. The van der Waals surface area contributed by atoms with Crippen molar-refractivity contribution in [3.05, 3.63) is 15.6 Å². The first-order chi connectivity index (χ1) is 9.78. The summed E-state index contributed by atoms with van der Waals surface area (Å²) in [5, 5.41) is 3.58. The SMILES string of the molecule is CCO[C@@H]1COC[C@H]1NC(=O)c1nc2c(s1)CCCC2. The van der Waals surface area contributed by atoms with Gasteiger partial charge in [0.25, 0.3) is 5.91 Å². The van der Waals surface area contributed by atoms with Crippen molar-refractivity contribution in [1.82, 2.24) is 10.3 Å². The van der Waals surface area contributed by atoms with Crippen LogP contribution < -0.4 is 5.32 Å². The van der Waals surface area contributed by atoms with Gasteiger partial charge in [-0.1, -0.05) is 0 Å². The Morgan fingerprint density at radius 1 is 1.45 bits per heavy atom. The molecule has 5 nitrogen and oxygen atoms in total. The Labute approximate surface area is 122 Å². The summed E-state index contributed by atoms with van der Waals surface area (Å²) in [5.74, 6) is -0.0930. The molecule has 1 aromatic rings. The highest BCUT2D eigenvalue weighted by atomic mass is 32.1. The van der Waals surface area contributed by atoms with Gasteiger partial charge in [-0.25, -0.2) is 4.98 Å². The predicted molar refractivity (Wildman–Crippen MR) is 76.2 cm³/mol. The number of fused-ring (bicyclic) bond motifs is 1. The highest BCUT2D eigenvalue weighted by Crippen LogP contribution is 2.26. The van der Waals surface area contributed by atoms with Gasteiger partial charge in [-0.15, -0.1) is 11.3 Å². The van der Waals surface area contributed by atoms with Gasteiger partial charge in [0.2, 0.25) is 0 Å². The molecule has 1 fully saturated rings. The van der Waals surface area contributed by atoms with Crippen molar-refractivity contribution in [2.24, 2.45) is 0 Å². The summed E-state index contributed by atoms with van der Waals surface area (Å²) in [5.41, 5.74) is 1.12. The van der Waals surface area contributed by atoms with Gasteiger partial charge in [-0.3, -0.25) is 4.79 Å². The van der Waals surface area contributed by atoms with E-state index >= 15 is 0 Å². The van der Waals surface area contributed by atoms with Crippen LogP contribution in [-0.4, -0.2) is 42.9 Å². The maximum atomic E-state index is 12.3. The molecule has 1 amide bonds. The quantitative estimate of drug-likeness (QED) is 0.916. The molecule has 2 atom stereocenters. The largest absolute Gasteiger partial charge is 0.376 e. The molecule has 0 aromatic carbocycles. The van der Waals surface area contributed by atoms with Gasteiger partial charge in [-0.05, 0) is 32.6 Å². The zero-order chi connectivity index (χ0) is 13.9. The second kappa shape index (κ2) is 6.20. The van der Waals surface area contributed by atoms with Crippen molar-refractivity contribution in [2.45, 2.75) is 44.8 Å². The second-order valence-electron chi connectivity index (χ2n) is 5.21. The van der Waals surface area contributed by atoms with E-state index in [0.717, 1.165) is 18.5 Å². The van der Waals surface area contributed by atoms with E-state index < -0.39 is 0 Å². The lowest BCUT2D eigenvalue weighted by Gasteiger charge is -2.18.